The van der Waals surface area contributed by atoms with Crippen LogP contribution in [0.3, 0.4) is 0 Å². The summed E-state index contributed by atoms with van der Waals surface area (Å²) in [5.74, 6) is 0.656. The van der Waals surface area contributed by atoms with Crippen LogP contribution in [0.4, 0.5) is 0 Å². The summed E-state index contributed by atoms with van der Waals surface area (Å²) in [5.41, 5.74) is 2.19. The number of hydrogen-bond acceptors (Lipinski definition) is 3. The van der Waals surface area contributed by atoms with Gasteiger partial charge >= 0.3 is 0 Å². The second-order valence-electron chi connectivity index (χ2n) is 5.09. The van der Waals surface area contributed by atoms with Crippen molar-refractivity contribution in [3.63, 3.8) is 0 Å². The highest BCUT2D eigenvalue weighted by Crippen LogP contribution is 2.23. The van der Waals surface area contributed by atoms with Crippen LogP contribution in [0.1, 0.15) is 30.2 Å². The van der Waals surface area contributed by atoms with E-state index >= 15 is 0 Å². The van der Waals surface area contributed by atoms with Crippen LogP contribution in [0.25, 0.3) is 0 Å². The zero-order valence-corrected chi connectivity index (χ0v) is 11.1. The minimum absolute atomic E-state index is 0.00417. The normalized spacial score (nSPS) is 16.3. The molecule has 0 amide bonds. The molecule has 1 aliphatic rings. The summed E-state index contributed by atoms with van der Waals surface area (Å²) in [5, 5.41) is 10.6. The van der Waals surface area contributed by atoms with Gasteiger partial charge in [-0.25, -0.2) is 0 Å². The van der Waals surface area contributed by atoms with E-state index in [4.69, 9.17) is 4.74 Å². The van der Waals surface area contributed by atoms with E-state index in [1.807, 2.05) is 31.2 Å². The van der Waals surface area contributed by atoms with Crippen LogP contribution in [0, 0.1) is 6.92 Å². The van der Waals surface area contributed by atoms with Crippen LogP contribution in [0.2, 0.25) is 0 Å². The van der Waals surface area contributed by atoms with E-state index in [0.29, 0.717) is 11.9 Å². The second kappa shape index (κ2) is 5.45. The van der Waals surface area contributed by atoms with Gasteiger partial charge in [-0.2, -0.15) is 0 Å². The van der Waals surface area contributed by atoms with E-state index in [9.17, 15) is 0 Å². The summed E-state index contributed by atoms with van der Waals surface area (Å²) >= 11 is 0. The Labute approximate surface area is 113 Å². The molecule has 1 atom stereocenters. The lowest BCUT2D eigenvalue weighted by atomic mass is 10.1. The average molecular weight is 257 g/mol. The van der Waals surface area contributed by atoms with Crippen LogP contribution in [0.5, 0.6) is 5.88 Å². The predicted octanol–water partition coefficient (Wildman–Crippen LogP) is 2.59. The number of aryl methyl sites for hydroxylation is 1. The van der Waals surface area contributed by atoms with E-state index in [-0.39, 0.29) is 6.10 Å². The Balaban J connectivity index is 1.71. The maximum atomic E-state index is 5.99. The maximum absolute atomic E-state index is 5.99. The van der Waals surface area contributed by atoms with E-state index < -0.39 is 0 Å². The predicted molar refractivity (Wildman–Crippen MR) is 74.2 cm³/mol. The third-order valence-electron chi connectivity index (χ3n) is 3.29. The van der Waals surface area contributed by atoms with E-state index in [2.05, 4.69) is 27.6 Å². The number of nitrogens with one attached hydrogen (secondary N) is 2. The molecule has 1 unspecified atom stereocenters. The molecule has 0 radical (unpaired) electrons. The van der Waals surface area contributed by atoms with E-state index in [0.717, 1.165) is 12.2 Å². The van der Waals surface area contributed by atoms with Gasteiger partial charge in [0.15, 0.2) is 0 Å². The molecule has 1 saturated carbocycles. The quantitative estimate of drug-likeness (QED) is 0.836. The first-order valence-corrected chi connectivity index (χ1v) is 6.78. The van der Waals surface area contributed by atoms with Crippen molar-refractivity contribution < 1.29 is 4.74 Å². The highest BCUT2D eigenvalue weighted by atomic mass is 16.5. The largest absolute Gasteiger partial charge is 0.467 e. The van der Waals surface area contributed by atoms with Gasteiger partial charge in [0.25, 0.3) is 0 Å². The van der Waals surface area contributed by atoms with E-state index in [1.165, 1.54) is 18.4 Å². The summed E-state index contributed by atoms with van der Waals surface area (Å²) < 4.78 is 5.99. The number of rotatable bonds is 6. The second-order valence-corrected chi connectivity index (χ2v) is 5.09. The number of aromatic amines is 1. The molecule has 0 spiro atoms. The third-order valence-corrected chi connectivity index (χ3v) is 3.29. The van der Waals surface area contributed by atoms with Gasteiger partial charge in [0.2, 0.25) is 5.88 Å². The molecular weight excluding hydrogens is 238 g/mol. The Morgan fingerprint density at radius 2 is 2.16 bits per heavy atom. The Hall–Kier alpha value is -1.81. The molecular formula is C15H19N3O. The highest BCUT2D eigenvalue weighted by Gasteiger charge is 2.23. The van der Waals surface area contributed by atoms with Crippen LogP contribution >= 0.6 is 0 Å². The van der Waals surface area contributed by atoms with Crippen LogP contribution in [-0.2, 0) is 0 Å². The number of nitrogens with zero attached hydrogens (tertiary/aromatic N) is 1. The molecule has 1 aromatic heterocycles. The number of H-pyrrole nitrogens is 1. The summed E-state index contributed by atoms with van der Waals surface area (Å²) in [7, 11) is 0. The van der Waals surface area contributed by atoms with Crippen LogP contribution < -0.4 is 10.1 Å². The fraction of sp³-hybridized carbons (Fsp3) is 0.400. The van der Waals surface area contributed by atoms with Crippen molar-refractivity contribution in [2.24, 2.45) is 0 Å². The Kier molecular flexibility index (Phi) is 3.51. The zero-order chi connectivity index (χ0) is 13.1. The number of hydrogen-bond donors (Lipinski definition) is 2. The molecule has 3 rings (SSSR count). The summed E-state index contributed by atoms with van der Waals surface area (Å²) in [6.07, 6.45) is 2.57. The number of benzene rings is 1. The molecule has 4 heteroatoms. The molecule has 1 heterocycles. The fourth-order valence-corrected chi connectivity index (χ4v) is 2.06. The Bertz CT molecular complexity index is 519. The minimum Gasteiger partial charge on any atom is -0.467 e. The van der Waals surface area contributed by atoms with Gasteiger partial charge < -0.3 is 10.1 Å². The average Bonchev–Trinajstić information content (AvgIpc) is 3.18. The van der Waals surface area contributed by atoms with Gasteiger partial charge in [-0.05, 0) is 25.3 Å². The molecule has 1 fully saturated rings. The van der Waals surface area contributed by atoms with Crippen molar-refractivity contribution in [2.75, 3.05) is 6.54 Å². The van der Waals surface area contributed by atoms with Crippen molar-refractivity contribution in [1.29, 1.82) is 0 Å². The first-order chi connectivity index (χ1) is 9.31. The highest BCUT2D eigenvalue weighted by molar-refractivity contribution is 5.21. The zero-order valence-electron chi connectivity index (χ0n) is 11.1. The molecule has 4 nitrogen and oxygen atoms in total. The van der Waals surface area contributed by atoms with Crippen LogP contribution in [-0.4, -0.2) is 22.8 Å². The van der Waals surface area contributed by atoms with Gasteiger partial charge in [0.05, 0.1) is 0 Å². The molecule has 1 aromatic carbocycles. The van der Waals surface area contributed by atoms with Crippen molar-refractivity contribution >= 4 is 0 Å². The van der Waals surface area contributed by atoms with Crippen molar-refractivity contribution in [3.8, 4) is 5.88 Å². The number of aromatic nitrogens is 2. The molecule has 2 N–H and O–H groups in total. The van der Waals surface area contributed by atoms with Gasteiger partial charge in [-0.15, -0.1) is 5.10 Å². The molecule has 100 valence electrons. The first kappa shape index (κ1) is 12.2. The molecule has 2 aromatic rings. The Morgan fingerprint density at radius 3 is 2.79 bits per heavy atom. The maximum Gasteiger partial charge on any atom is 0.233 e. The smallest absolute Gasteiger partial charge is 0.233 e. The van der Waals surface area contributed by atoms with Crippen molar-refractivity contribution in [2.45, 2.75) is 31.9 Å². The van der Waals surface area contributed by atoms with Crippen molar-refractivity contribution in [3.05, 3.63) is 47.7 Å². The van der Waals surface area contributed by atoms with Gasteiger partial charge in [-0.1, -0.05) is 30.3 Å². The van der Waals surface area contributed by atoms with Crippen molar-refractivity contribution in [1.82, 2.24) is 15.5 Å². The molecule has 0 bridgehead atoms. The lowest BCUT2D eigenvalue weighted by Crippen LogP contribution is -2.26. The summed E-state index contributed by atoms with van der Waals surface area (Å²) in [6, 6.07) is 12.9. The molecule has 0 aliphatic heterocycles. The lowest BCUT2D eigenvalue weighted by Gasteiger charge is -2.18. The minimum atomic E-state index is 0.00417. The molecule has 19 heavy (non-hydrogen) atoms. The monoisotopic (exact) mass is 257 g/mol. The molecule has 1 aliphatic carbocycles. The van der Waals surface area contributed by atoms with E-state index in [1.54, 1.807) is 0 Å². The summed E-state index contributed by atoms with van der Waals surface area (Å²) in [4.78, 5) is 0. The van der Waals surface area contributed by atoms with Crippen LogP contribution in [0.15, 0.2) is 36.4 Å². The SMILES string of the molecule is Cc1cc(OC(CNC2CC2)c2ccccc2)n[nH]1. The first-order valence-electron chi connectivity index (χ1n) is 6.78. The standard InChI is InChI=1S/C15H19N3O/c1-11-9-15(18-17-11)19-14(10-16-13-7-8-13)12-5-3-2-4-6-12/h2-6,9,13-14,16H,7-8,10H2,1H3,(H,17,18). The number of ether oxygens (including phenoxy) is 1. The van der Waals surface area contributed by atoms with Gasteiger partial charge in [-0.3, -0.25) is 5.10 Å². The van der Waals surface area contributed by atoms with Gasteiger partial charge in [0, 0.05) is 24.3 Å². The lowest BCUT2D eigenvalue weighted by molar-refractivity contribution is 0.192. The van der Waals surface area contributed by atoms with Gasteiger partial charge in [0.1, 0.15) is 6.10 Å². The topological polar surface area (TPSA) is 49.9 Å². The summed E-state index contributed by atoms with van der Waals surface area (Å²) in [6.45, 7) is 2.79. The fourth-order valence-electron chi connectivity index (χ4n) is 2.06. The third kappa shape index (κ3) is 3.35. The molecule has 0 saturated heterocycles. The Morgan fingerprint density at radius 1 is 1.37 bits per heavy atom.